The second-order valence-corrected chi connectivity index (χ2v) is 6.43. The normalized spacial score (nSPS) is 17.1. The Bertz CT molecular complexity index is 777. The lowest BCUT2D eigenvalue weighted by molar-refractivity contribution is -0.129. The Kier molecular flexibility index (Phi) is 7.68. The minimum absolute atomic E-state index is 0. The molecule has 2 aromatic carbocycles. The second-order valence-electron chi connectivity index (χ2n) is 6.43. The van der Waals surface area contributed by atoms with Crippen LogP contribution in [-0.4, -0.2) is 42.9 Å². The van der Waals surface area contributed by atoms with Gasteiger partial charge in [0.15, 0.2) is 5.96 Å². The van der Waals surface area contributed by atoms with Crippen molar-refractivity contribution in [3.05, 3.63) is 48.0 Å². The van der Waals surface area contributed by atoms with E-state index in [0.29, 0.717) is 6.42 Å². The summed E-state index contributed by atoms with van der Waals surface area (Å²) in [6.07, 6.45) is 1.53. The fraction of sp³-hybridized carbons (Fsp3) is 0.400. The van der Waals surface area contributed by atoms with E-state index in [9.17, 15) is 4.79 Å². The summed E-state index contributed by atoms with van der Waals surface area (Å²) in [6.45, 7) is 4.21. The summed E-state index contributed by atoms with van der Waals surface area (Å²) in [5.74, 6) is 1.01. The number of fused-ring (bicyclic) bond motifs is 1. The molecule has 3 rings (SSSR count). The van der Waals surface area contributed by atoms with Crippen molar-refractivity contribution < 1.29 is 4.79 Å². The van der Waals surface area contributed by atoms with Gasteiger partial charge in [0, 0.05) is 39.1 Å². The maximum atomic E-state index is 11.8. The SMILES string of the molecule is CCC(=O)N1CCC(NC(=NC)NCc2ccc3ccccc3c2)C1.I. The molecule has 0 aromatic heterocycles. The van der Waals surface area contributed by atoms with Gasteiger partial charge in [0.1, 0.15) is 0 Å². The summed E-state index contributed by atoms with van der Waals surface area (Å²) < 4.78 is 0. The monoisotopic (exact) mass is 466 g/mol. The summed E-state index contributed by atoms with van der Waals surface area (Å²) in [5, 5.41) is 9.29. The van der Waals surface area contributed by atoms with E-state index in [1.54, 1.807) is 7.05 Å². The van der Waals surface area contributed by atoms with Crippen molar-refractivity contribution in [3.63, 3.8) is 0 Å². The first-order chi connectivity index (χ1) is 12.2. The Balaban J connectivity index is 0.00000243. The predicted molar refractivity (Wildman–Crippen MR) is 118 cm³/mol. The van der Waals surface area contributed by atoms with Gasteiger partial charge >= 0.3 is 0 Å². The van der Waals surface area contributed by atoms with Gasteiger partial charge in [-0.25, -0.2) is 0 Å². The molecule has 5 nitrogen and oxygen atoms in total. The van der Waals surface area contributed by atoms with Gasteiger partial charge in [-0.2, -0.15) is 0 Å². The Morgan fingerprint density at radius 2 is 2.00 bits per heavy atom. The molecule has 1 aliphatic rings. The van der Waals surface area contributed by atoms with Gasteiger partial charge in [0.05, 0.1) is 0 Å². The standard InChI is InChI=1S/C20H26N4O.HI/c1-3-19(25)24-11-10-18(14-24)23-20(21-2)22-13-15-8-9-16-6-4-5-7-17(16)12-15;/h4-9,12,18H,3,10-11,13-14H2,1-2H3,(H2,21,22,23);1H. The lowest BCUT2D eigenvalue weighted by Gasteiger charge is -2.19. The molecule has 0 aliphatic carbocycles. The van der Waals surface area contributed by atoms with Crippen molar-refractivity contribution in [1.82, 2.24) is 15.5 Å². The summed E-state index contributed by atoms with van der Waals surface area (Å²) in [5.41, 5.74) is 1.22. The highest BCUT2D eigenvalue weighted by molar-refractivity contribution is 14.0. The number of nitrogens with zero attached hydrogens (tertiary/aromatic N) is 2. The molecular formula is C20H27IN4O. The molecule has 2 N–H and O–H groups in total. The molecule has 0 bridgehead atoms. The van der Waals surface area contributed by atoms with Crippen LogP contribution in [0.2, 0.25) is 0 Å². The molecule has 140 valence electrons. The maximum absolute atomic E-state index is 11.8. The van der Waals surface area contributed by atoms with Crippen LogP contribution in [-0.2, 0) is 11.3 Å². The number of guanidine groups is 1. The lowest BCUT2D eigenvalue weighted by atomic mass is 10.1. The number of nitrogens with one attached hydrogen (secondary N) is 2. The van der Waals surface area contributed by atoms with Gasteiger partial charge in [-0.15, -0.1) is 24.0 Å². The third kappa shape index (κ3) is 5.09. The van der Waals surface area contributed by atoms with Crippen molar-refractivity contribution in [3.8, 4) is 0 Å². The van der Waals surface area contributed by atoms with Crippen LogP contribution in [0.25, 0.3) is 10.8 Å². The highest BCUT2D eigenvalue weighted by Gasteiger charge is 2.25. The van der Waals surface area contributed by atoms with E-state index in [-0.39, 0.29) is 35.9 Å². The fourth-order valence-electron chi connectivity index (χ4n) is 3.25. The third-order valence-electron chi connectivity index (χ3n) is 4.68. The van der Waals surface area contributed by atoms with Gasteiger partial charge in [-0.05, 0) is 28.8 Å². The van der Waals surface area contributed by atoms with Crippen LogP contribution in [0.3, 0.4) is 0 Å². The predicted octanol–water partition coefficient (Wildman–Crippen LogP) is 3.13. The first-order valence-corrected chi connectivity index (χ1v) is 8.92. The molecule has 6 heteroatoms. The smallest absolute Gasteiger partial charge is 0.222 e. The second kappa shape index (κ2) is 9.75. The quantitative estimate of drug-likeness (QED) is 0.414. The van der Waals surface area contributed by atoms with Crippen LogP contribution in [0, 0.1) is 0 Å². The number of halogens is 1. The van der Waals surface area contributed by atoms with Gasteiger partial charge in [-0.3, -0.25) is 9.79 Å². The molecule has 1 unspecified atom stereocenters. The number of hydrogen-bond acceptors (Lipinski definition) is 2. The average molecular weight is 466 g/mol. The topological polar surface area (TPSA) is 56.7 Å². The lowest BCUT2D eigenvalue weighted by Crippen LogP contribution is -2.44. The van der Waals surface area contributed by atoms with Crippen molar-refractivity contribution in [2.45, 2.75) is 32.4 Å². The van der Waals surface area contributed by atoms with E-state index >= 15 is 0 Å². The number of amides is 1. The molecule has 0 spiro atoms. The number of benzene rings is 2. The number of aliphatic imine (C=N–C) groups is 1. The van der Waals surface area contributed by atoms with Gasteiger partial charge in [-0.1, -0.05) is 43.3 Å². The molecule has 0 radical (unpaired) electrons. The summed E-state index contributed by atoms with van der Waals surface area (Å²) in [4.78, 5) is 18.0. The average Bonchev–Trinajstić information content (AvgIpc) is 3.12. The zero-order valence-corrected chi connectivity index (χ0v) is 17.7. The number of likely N-dealkylation sites (tertiary alicyclic amines) is 1. The molecule has 1 aliphatic heterocycles. The highest BCUT2D eigenvalue weighted by atomic mass is 127. The van der Waals surface area contributed by atoms with Crippen LogP contribution < -0.4 is 10.6 Å². The number of carbonyl (C=O) groups excluding carboxylic acids is 1. The van der Waals surface area contributed by atoms with Crippen LogP contribution in [0.1, 0.15) is 25.3 Å². The highest BCUT2D eigenvalue weighted by Crippen LogP contribution is 2.15. The van der Waals surface area contributed by atoms with Crippen LogP contribution in [0.15, 0.2) is 47.5 Å². The minimum atomic E-state index is 0. The largest absolute Gasteiger partial charge is 0.352 e. The van der Waals surface area contributed by atoms with Gasteiger partial charge in [0.2, 0.25) is 5.91 Å². The Morgan fingerprint density at radius 3 is 2.73 bits per heavy atom. The van der Waals surface area contributed by atoms with Crippen LogP contribution in [0.4, 0.5) is 0 Å². The van der Waals surface area contributed by atoms with E-state index in [1.165, 1.54) is 16.3 Å². The van der Waals surface area contributed by atoms with Crippen molar-refractivity contribution >= 4 is 46.6 Å². The zero-order valence-electron chi connectivity index (χ0n) is 15.4. The van der Waals surface area contributed by atoms with Gasteiger partial charge < -0.3 is 15.5 Å². The molecular weight excluding hydrogens is 439 g/mol. The van der Waals surface area contributed by atoms with E-state index in [0.717, 1.165) is 32.0 Å². The minimum Gasteiger partial charge on any atom is -0.352 e. The molecule has 2 aromatic rings. The van der Waals surface area contributed by atoms with E-state index in [2.05, 4.69) is 58.1 Å². The number of carbonyl (C=O) groups is 1. The zero-order chi connectivity index (χ0) is 17.6. The molecule has 1 atom stereocenters. The number of hydrogen-bond donors (Lipinski definition) is 2. The van der Waals surface area contributed by atoms with Crippen molar-refractivity contribution in [1.29, 1.82) is 0 Å². The van der Waals surface area contributed by atoms with Crippen LogP contribution in [0.5, 0.6) is 0 Å². The van der Waals surface area contributed by atoms with Crippen molar-refractivity contribution in [2.24, 2.45) is 4.99 Å². The molecule has 0 saturated carbocycles. The first kappa shape index (κ1) is 20.5. The van der Waals surface area contributed by atoms with Gasteiger partial charge in [0.25, 0.3) is 0 Å². The Hall–Kier alpha value is -1.83. The first-order valence-electron chi connectivity index (χ1n) is 8.92. The molecule has 1 fully saturated rings. The third-order valence-corrected chi connectivity index (χ3v) is 4.68. The maximum Gasteiger partial charge on any atom is 0.222 e. The van der Waals surface area contributed by atoms with E-state index < -0.39 is 0 Å². The Labute approximate surface area is 172 Å². The summed E-state index contributed by atoms with van der Waals surface area (Å²) >= 11 is 0. The fourth-order valence-corrected chi connectivity index (χ4v) is 3.25. The van der Waals surface area contributed by atoms with E-state index in [4.69, 9.17) is 0 Å². The number of rotatable bonds is 4. The molecule has 26 heavy (non-hydrogen) atoms. The Morgan fingerprint density at radius 1 is 1.23 bits per heavy atom. The van der Waals surface area contributed by atoms with Crippen molar-refractivity contribution in [2.75, 3.05) is 20.1 Å². The van der Waals surface area contributed by atoms with Crippen LogP contribution >= 0.6 is 24.0 Å². The van der Waals surface area contributed by atoms with E-state index in [1.807, 2.05) is 11.8 Å². The molecule has 1 amide bonds. The summed E-state index contributed by atoms with van der Waals surface area (Å²) in [6, 6.07) is 15.1. The molecule has 1 saturated heterocycles. The summed E-state index contributed by atoms with van der Waals surface area (Å²) in [7, 11) is 1.78. The molecule has 1 heterocycles.